The fourth-order valence-electron chi connectivity index (χ4n) is 4.78. The number of nitrogens with zero attached hydrogens (tertiary/aromatic N) is 2. The van der Waals surface area contributed by atoms with Crippen LogP contribution in [0.25, 0.3) is 17.0 Å². The van der Waals surface area contributed by atoms with Gasteiger partial charge in [0, 0.05) is 41.1 Å². The van der Waals surface area contributed by atoms with Crippen molar-refractivity contribution in [3.63, 3.8) is 0 Å². The second-order valence-electron chi connectivity index (χ2n) is 9.84. The van der Waals surface area contributed by atoms with Gasteiger partial charge in [-0.25, -0.2) is 4.79 Å². The number of nitrogens with one attached hydrogen (secondary N) is 3. The topological polar surface area (TPSA) is 86.4 Å². The molecule has 1 aliphatic heterocycles. The Kier molecular flexibility index (Phi) is 8.62. The number of hydrogen-bond donors (Lipinski definition) is 3. The van der Waals surface area contributed by atoms with Crippen LogP contribution >= 0.6 is 11.6 Å². The summed E-state index contributed by atoms with van der Waals surface area (Å²) >= 11 is 6.08. The predicted molar refractivity (Wildman–Crippen MR) is 163 cm³/mol. The van der Waals surface area contributed by atoms with Gasteiger partial charge in [-0.15, -0.1) is 0 Å². The van der Waals surface area contributed by atoms with Crippen LogP contribution in [0.2, 0.25) is 5.02 Å². The van der Waals surface area contributed by atoms with Gasteiger partial charge in [0.25, 0.3) is 5.91 Å². The number of anilines is 2. The van der Waals surface area contributed by atoms with Crippen molar-refractivity contribution in [3.05, 3.63) is 107 Å². The molecule has 5 rings (SSSR count). The number of amides is 3. The Hall–Kier alpha value is -4.36. The lowest BCUT2D eigenvalue weighted by atomic mass is 9.92. The van der Waals surface area contributed by atoms with Gasteiger partial charge in [-0.3, -0.25) is 9.78 Å². The maximum absolute atomic E-state index is 13.1. The number of hydrogen-bond acceptors (Lipinski definition) is 4. The number of rotatable bonds is 10. The number of halogens is 1. The van der Waals surface area contributed by atoms with Crippen LogP contribution < -0.4 is 20.9 Å². The summed E-state index contributed by atoms with van der Waals surface area (Å²) in [5, 5.41) is 10.9. The zero-order valence-electron chi connectivity index (χ0n) is 22.3. The summed E-state index contributed by atoms with van der Waals surface area (Å²) in [4.78, 5) is 31.9. The van der Waals surface area contributed by atoms with E-state index >= 15 is 0 Å². The van der Waals surface area contributed by atoms with E-state index in [4.69, 9.17) is 11.6 Å². The molecule has 8 heteroatoms. The molecule has 2 heterocycles. The molecule has 3 amide bonds. The van der Waals surface area contributed by atoms with Crippen molar-refractivity contribution in [2.45, 2.75) is 31.8 Å². The molecule has 0 saturated carbocycles. The van der Waals surface area contributed by atoms with E-state index in [2.05, 4.69) is 20.9 Å². The molecule has 0 spiro atoms. The first-order valence-corrected chi connectivity index (χ1v) is 13.8. The summed E-state index contributed by atoms with van der Waals surface area (Å²) in [7, 11) is 0. The average Bonchev–Trinajstić information content (AvgIpc) is 2.97. The number of β-lactam (4-membered cyclic amide) rings is 1. The molecule has 4 aromatic rings. The fraction of sp³-hybridized carbons (Fsp3) is 0.219. The first kappa shape index (κ1) is 27.2. The highest BCUT2D eigenvalue weighted by atomic mass is 35.5. The molecule has 3 N–H and O–H groups in total. The Balaban J connectivity index is 1.12. The number of pyridine rings is 1. The van der Waals surface area contributed by atoms with Crippen molar-refractivity contribution in [1.29, 1.82) is 0 Å². The van der Waals surface area contributed by atoms with Crippen LogP contribution in [0.4, 0.5) is 16.2 Å². The van der Waals surface area contributed by atoms with Crippen LogP contribution in [0.3, 0.4) is 0 Å². The predicted octanol–water partition coefficient (Wildman–Crippen LogP) is 6.19. The van der Waals surface area contributed by atoms with E-state index in [1.807, 2.05) is 97.9 Å². The highest BCUT2D eigenvalue weighted by Gasteiger charge is 2.47. The first-order valence-electron chi connectivity index (χ1n) is 13.4. The monoisotopic (exact) mass is 553 g/mol. The summed E-state index contributed by atoms with van der Waals surface area (Å²) in [6.45, 7) is 3.27. The smallest absolute Gasteiger partial charge is 0.315 e. The van der Waals surface area contributed by atoms with Crippen LogP contribution in [0.5, 0.6) is 0 Å². The molecule has 40 heavy (non-hydrogen) atoms. The standard InChI is InChI=1S/C32H32ClN5O2/c1-22-9-13-25(14-10-22)38-29(16-11-23-7-3-2-4-8-23)30(31(38)39)37-32(40)36-19-6-5-18-34-27-17-20-35-28-21-24(33)12-15-26(27)28/h2-4,7-17,20-21,29-30H,5-6,18-19H2,1H3,(H,34,35)(H2,36,37,40)/b16-11+/t29-,30+/m0/s1. The molecule has 1 aliphatic rings. The van der Waals surface area contributed by atoms with Crippen molar-refractivity contribution in [2.75, 3.05) is 23.3 Å². The summed E-state index contributed by atoms with van der Waals surface area (Å²) < 4.78 is 0. The molecule has 0 unspecified atom stereocenters. The lowest BCUT2D eigenvalue weighted by molar-refractivity contribution is -0.125. The number of aryl methyl sites for hydroxylation is 1. The van der Waals surface area contributed by atoms with Crippen LogP contribution in [0, 0.1) is 6.92 Å². The maximum Gasteiger partial charge on any atom is 0.315 e. The summed E-state index contributed by atoms with van der Waals surface area (Å²) in [6.07, 6.45) is 7.38. The van der Waals surface area contributed by atoms with Crippen LogP contribution in [-0.2, 0) is 4.79 Å². The largest absolute Gasteiger partial charge is 0.384 e. The minimum atomic E-state index is -0.628. The Labute approximate surface area is 239 Å². The lowest BCUT2D eigenvalue weighted by Gasteiger charge is -2.45. The molecule has 2 atom stereocenters. The van der Waals surface area contributed by atoms with E-state index in [1.54, 1.807) is 11.1 Å². The van der Waals surface area contributed by atoms with Crippen LogP contribution in [0.1, 0.15) is 24.0 Å². The third-order valence-electron chi connectivity index (χ3n) is 6.94. The highest BCUT2D eigenvalue weighted by Crippen LogP contribution is 2.30. The van der Waals surface area contributed by atoms with E-state index in [-0.39, 0.29) is 18.0 Å². The molecule has 204 valence electrons. The van der Waals surface area contributed by atoms with Gasteiger partial charge in [-0.1, -0.05) is 71.8 Å². The van der Waals surface area contributed by atoms with Crippen molar-refractivity contribution in [2.24, 2.45) is 0 Å². The minimum Gasteiger partial charge on any atom is -0.384 e. The quantitative estimate of drug-likeness (QED) is 0.161. The van der Waals surface area contributed by atoms with Crippen molar-refractivity contribution < 1.29 is 9.59 Å². The number of aromatic nitrogens is 1. The first-order chi connectivity index (χ1) is 19.5. The number of unbranched alkanes of at least 4 members (excludes halogenated alkanes) is 1. The Morgan fingerprint density at radius 3 is 2.58 bits per heavy atom. The Bertz CT molecular complexity index is 1510. The summed E-state index contributed by atoms with van der Waals surface area (Å²) in [5.41, 5.74) is 4.82. The molecule has 0 radical (unpaired) electrons. The third-order valence-corrected chi connectivity index (χ3v) is 7.17. The maximum atomic E-state index is 13.1. The molecule has 1 saturated heterocycles. The minimum absolute atomic E-state index is 0.128. The number of carbonyl (C=O) groups is 2. The van der Waals surface area contributed by atoms with Crippen LogP contribution in [0.15, 0.2) is 91.1 Å². The van der Waals surface area contributed by atoms with Gasteiger partial charge in [-0.05, 0) is 61.7 Å². The van der Waals surface area contributed by atoms with E-state index in [0.717, 1.165) is 52.8 Å². The Morgan fingerprint density at radius 2 is 1.77 bits per heavy atom. The summed E-state index contributed by atoms with van der Waals surface area (Å²) in [6, 6.07) is 24.1. The second kappa shape index (κ2) is 12.7. The van der Waals surface area contributed by atoms with Gasteiger partial charge in [-0.2, -0.15) is 0 Å². The van der Waals surface area contributed by atoms with Gasteiger partial charge >= 0.3 is 6.03 Å². The van der Waals surface area contributed by atoms with Crippen molar-refractivity contribution in [1.82, 2.24) is 15.6 Å². The van der Waals surface area contributed by atoms with Crippen molar-refractivity contribution in [3.8, 4) is 0 Å². The Morgan fingerprint density at radius 1 is 1.00 bits per heavy atom. The number of urea groups is 1. The molecule has 1 aromatic heterocycles. The van der Waals surface area contributed by atoms with E-state index < -0.39 is 6.04 Å². The second-order valence-corrected chi connectivity index (χ2v) is 10.3. The molecule has 0 aliphatic carbocycles. The molecular formula is C32H32ClN5O2. The van der Waals surface area contributed by atoms with Gasteiger partial charge in [0.1, 0.15) is 6.04 Å². The highest BCUT2D eigenvalue weighted by molar-refractivity contribution is 6.31. The molecule has 1 fully saturated rings. The lowest BCUT2D eigenvalue weighted by Crippen LogP contribution is -2.71. The molecule has 3 aromatic carbocycles. The molecule has 7 nitrogen and oxygen atoms in total. The van der Waals surface area contributed by atoms with Gasteiger partial charge in [0.05, 0.1) is 11.6 Å². The number of carbonyl (C=O) groups excluding carboxylic acids is 2. The SMILES string of the molecule is Cc1ccc(N2C(=O)[C@H](NC(=O)NCCCCNc3ccnc4cc(Cl)ccc34)[C@@H]2/C=C/c2ccccc2)cc1. The number of benzene rings is 3. The van der Waals surface area contributed by atoms with Gasteiger partial charge in [0.15, 0.2) is 0 Å². The number of fused-ring (bicyclic) bond motifs is 1. The van der Waals surface area contributed by atoms with E-state index in [1.165, 1.54) is 0 Å². The average molecular weight is 554 g/mol. The van der Waals surface area contributed by atoms with Gasteiger partial charge < -0.3 is 20.9 Å². The third kappa shape index (κ3) is 6.43. The van der Waals surface area contributed by atoms with E-state index in [0.29, 0.717) is 11.6 Å². The fourth-order valence-corrected chi connectivity index (χ4v) is 4.94. The van der Waals surface area contributed by atoms with Crippen LogP contribution in [-0.4, -0.2) is 42.1 Å². The van der Waals surface area contributed by atoms with Crippen molar-refractivity contribution >= 4 is 51.9 Å². The van der Waals surface area contributed by atoms with E-state index in [9.17, 15) is 9.59 Å². The summed E-state index contributed by atoms with van der Waals surface area (Å²) in [5.74, 6) is -0.128. The zero-order chi connectivity index (χ0) is 27.9. The van der Waals surface area contributed by atoms with Gasteiger partial charge in [0.2, 0.25) is 0 Å². The normalized spacial score (nSPS) is 16.6. The molecular weight excluding hydrogens is 522 g/mol. The zero-order valence-corrected chi connectivity index (χ0v) is 23.1. The molecule has 0 bridgehead atoms.